The summed E-state index contributed by atoms with van der Waals surface area (Å²) < 4.78 is 32.6. The van der Waals surface area contributed by atoms with Crippen molar-refractivity contribution in [1.82, 2.24) is 14.1 Å². The monoisotopic (exact) mass is 518 g/mol. The van der Waals surface area contributed by atoms with Crippen molar-refractivity contribution in [3.8, 4) is 0 Å². The number of halogens is 1. The Morgan fingerprint density at radius 1 is 1.21 bits per heavy atom. The quantitative estimate of drug-likeness (QED) is 0.370. The highest BCUT2D eigenvalue weighted by atomic mass is 35.5. The third-order valence-electron chi connectivity index (χ3n) is 6.24. The molecule has 1 fully saturated rings. The van der Waals surface area contributed by atoms with E-state index in [0.717, 1.165) is 34.4 Å². The van der Waals surface area contributed by atoms with E-state index in [0.29, 0.717) is 23.1 Å². The van der Waals surface area contributed by atoms with Crippen molar-refractivity contribution in [2.75, 3.05) is 4.31 Å². The van der Waals surface area contributed by atoms with Crippen LogP contribution >= 0.6 is 23.3 Å². The normalized spacial score (nSPS) is 16.1. The van der Waals surface area contributed by atoms with Crippen LogP contribution in [0.1, 0.15) is 60.6 Å². The van der Waals surface area contributed by atoms with Gasteiger partial charge in [0, 0.05) is 17.5 Å². The first-order valence-electron chi connectivity index (χ1n) is 11.3. The van der Waals surface area contributed by atoms with Gasteiger partial charge in [-0.25, -0.2) is 8.51 Å². The summed E-state index contributed by atoms with van der Waals surface area (Å²) in [6, 6.07) is 14.4. The summed E-state index contributed by atoms with van der Waals surface area (Å²) in [5.41, 5.74) is 2.00. The average molecular weight is 519 g/mol. The molecule has 1 aliphatic rings. The van der Waals surface area contributed by atoms with Crippen LogP contribution in [0.5, 0.6) is 0 Å². The topological polar surface area (TPSA) is 95.4 Å². The maximum Gasteiger partial charge on any atom is 0.268 e. The minimum atomic E-state index is -2.51. The number of nitrogens with zero attached hydrogens (tertiary/aromatic N) is 3. The lowest BCUT2D eigenvalue weighted by molar-refractivity contribution is 0.0920. The molecule has 34 heavy (non-hydrogen) atoms. The third-order valence-corrected chi connectivity index (χ3v) is 7.71. The van der Waals surface area contributed by atoms with Gasteiger partial charge in [0.1, 0.15) is 5.69 Å². The van der Waals surface area contributed by atoms with E-state index in [9.17, 15) is 13.6 Å². The fourth-order valence-corrected chi connectivity index (χ4v) is 5.81. The van der Waals surface area contributed by atoms with Crippen LogP contribution in [0.4, 0.5) is 11.5 Å². The van der Waals surface area contributed by atoms with Crippen molar-refractivity contribution in [3.63, 3.8) is 0 Å². The fraction of sp³-hybridized carbons (Fsp3) is 0.375. The van der Waals surface area contributed by atoms with Crippen molar-refractivity contribution in [1.29, 1.82) is 0 Å². The SMILES string of the molecule is CC(NC(=O)c1ccc(Cl)cc1N(c1nsnc1Cc1ccccc1)S(=O)O)C1CCCCC1. The summed E-state index contributed by atoms with van der Waals surface area (Å²) in [4.78, 5) is 13.3. The molecule has 180 valence electrons. The fourth-order valence-electron chi connectivity index (χ4n) is 4.43. The van der Waals surface area contributed by atoms with Crippen molar-refractivity contribution in [2.45, 2.75) is 51.5 Å². The van der Waals surface area contributed by atoms with Gasteiger partial charge in [-0.1, -0.05) is 61.2 Å². The smallest absolute Gasteiger partial charge is 0.268 e. The molecular formula is C24H27ClN4O3S2. The zero-order chi connectivity index (χ0) is 24.1. The molecule has 0 bridgehead atoms. The Labute approximate surface area is 211 Å². The molecule has 2 unspecified atom stereocenters. The first-order valence-corrected chi connectivity index (χ1v) is 13.5. The number of carbonyl (C=O) groups excluding carboxylic acids is 1. The van der Waals surface area contributed by atoms with Gasteiger partial charge in [0.25, 0.3) is 17.2 Å². The number of aromatic nitrogens is 2. The molecule has 1 aromatic heterocycles. The van der Waals surface area contributed by atoms with Crippen molar-refractivity contribution in [2.24, 2.45) is 5.92 Å². The second-order valence-electron chi connectivity index (χ2n) is 8.54. The Hall–Kier alpha value is -2.33. The third kappa shape index (κ3) is 5.83. The van der Waals surface area contributed by atoms with Crippen LogP contribution in [-0.2, 0) is 17.7 Å². The first kappa shape index (κ1) is 24.8. The molecule has 0 spiro atoms. The summed E-state index contributed by atoms with van der Waals surface area (Å²) in [6.45, 7) is 2.02. The maximum atomic E-state index is 13.3. The Kier molecular flexibility index (Phi) is 8.31. The summed E-state index contributed by atoms with van der Waals surface area (Å²) in [6.07, 6.45) is 6.21. The number of benzene rings is 2. The average Bonchev–Trinajstić information content (AvgIpc) is 3.27. The molecular weight excluding hydrogens is 492 g/mol. The lowest BCUT2D eigenvalue weighted by atomic mass is 9.84. The highest BCUT2D eigenvalue weighted by Crippen LogP contribution is 2.35. The van der Waals surface area contributed by atoms with E-state index in [1.807, 2.05) is 37.3 Å². The van der Waals surface area contributed by atoms with Crippen LogP contribution in [0.3, 0.4) is 0 Å². The molecule has 2 aromatic carbocycles. The molecule has 2 N–H and O–H groups in total. The Morgan fingerprint density at radius 3 is 2.65 bits per heavy atom. The largest absolute Gasteiger partial charge is 0.349 e. The molecule has 1 aliphatic carbocycles. The van der Waals surface area contributed by atoms with Crippen molar-refractivity contribution >= 4 is 52.0 Å². The number of amides is 1. The van der Waals surface area contributed by atoms with Crippen LogP contribution in [0.15, 0.2) is 48.5 Å². The van der Waals surface area contributed by atoms with E-state index in [1.54, 1.807) is 12.1 Å². The van der Waals surface area contributed by atoms with Crippen LogP contribution < -0.4 is 9.62 Å². The molecule has 0 radical (unpaired) electrons. The van der Waals surface area contributed by atoms with Gasteiger partial charge in [-0.2, -0.15) is 8.75 Å². The first-order chi connectivity index (χ1) is 16.4. The Balaban J connectivity index is 1.66. The molecule has 10 heteroatoms. The molecule has 2 atom stereocenters. The van der Waals surface area contributed by atoms with Crippen LogP contribution in [-0.4, -0.2) is 29.5 Å². The minimum Gasteiger partial charge on any atom is -0.349 e. The molecule has 1 amide bonds. The van der Waals surface area contributed by atoms with E-state index in [-0.39, 0.29) is 29.0 Å². The van der Waals surface area contributed by atoms with Crippen LogP contribution in [0.2, 0.25) is 5.02 Å². The predicted molar refractivity (Wildman–Crippen MR) is 137 cm³/mol. The van der Waals surface area contributed by atoms with E-state index in [4.69, 9.17) is 11.6 Å². The summed E-state index contributed by atoms with van der Waals surface area (Å²) in [5.74, 6) is 0.344. The van der Waals surface area contributed by atoms with Gasteiger partial charge in [0.15, 0.2) is 5.82 Å². The second kappa shape index (κ2) is 11.4. The lowest BCUT2D eigenvalue weighted by Crippen LogP contribution is -2.39. The molecule has 7 nitrogen and oxygen atoms in total. The molecule has 0 saturated heterocycles. The van der Waals surface area contributed by atoms with Crippen LogP contribution in [0, 0.1) is 5.92 Å². The molecule has 0 aliphatic heterocycles. The molecule has 3 aromatic rings. The summed E-state index contributed by atoms with van der Waals surface area (Å²) >= 11 is 4.70. The van der Waals surface area contributed by atoms with E-state index >= 15 is 0 Å². The van der Waals surface area contributed by atoms with Crippen LogP contribution in [0.25, 0.3) is 0 Å². The number of carbonyl (C=O) groups is 1. The molecule has 1 heterocycles. The van der Waals surface area contributed by atoms with Gasteiger partial charge in [-0.05, 0) is 49.4 Å². The number of hydrogen-bond donors (Lipinski definition) is 2. The highest BCUT2D eigenvalue weighted by Gasteiger charge is 2.29. The Bertz CT molecular complexity index is 1150. The molecule has 4 rings (SSSR count). The van der Waals surface area contributed by atoms with Gasteiger partial charge >= 0.3 is 0 Å². The van der Waals surface area contributed by atoms with Crippen molar-refractivity contribution < 1.29 is 13.6 Å². The maximum absolute atomic E-state index is 13.3. The standard InChI is InChI=1S/C24H27ClN4O3S2/c1-16(18-10-6-3-7-11-18)26-24(30)20-13-12-19(25)15-22(20)29(34(31)32)23-21(27-33-28-23)14-17-8-4-2-5-9-17/h2,4-5,8-9,12-13,15-16,18H,3,6-7,10-11,14H2,1H3,(H,26,30)(H,31,32). The van der Waals surface area contributed by atoms with Crippen molar-refractivity contribution in [3.05, 3.63) is 70.4 Å². The predicted octanol–water partition coefficient (Wildman–Crippen LogP) is 5.76. The van der Waals surface area contributed by atoms with Gasteiger partial charge in [0.2, 0.25) is 0 Å². The van der Waals surface area contributed by atoms with E-state index < -0.39 is 11.3 Å². The van der Waals surface area contributed by atoms with Gasteiger partial charge in [-0.3, -0.25) is 9.35 Å². The number of anilines is 2. The minimum absolute atomic E-state index is 0.000942. The number of nitrogens with one attached hydrogen (secondary N) is 1. The zero-order valence-electron chi connectivity index (χ0n) is 18.8. The number of rotatable bonds is 8. The zero-order valence-corrected chi connectivity index (χ0v) is 21.2. The van der Waals surface area contributed by atoms with E-state index in [1.165, 1.54) is 25.3 Å². The summed E-state index contributed by atoms with van der Waals surface area (Å²) in [5, 5.41) is 3.44. The number of hydrogen-bond acceptors (Lipinski definition) is 5. The second-order valence-corrected chi connectivity index (χ2v) is 10.3. The highest BCUT2D eigenvalue weighted by molar-refractivity contribution is 7.81. The lowest BCUT2D eigenvalue weighted by Gasteiger charge is -2.29. The Morgan fingerprint density at radius 2 is 1.94 bits per heavy atom. The van der Waals surface area contributed by atoms with E-state index in [2.05, 4.69) is 14.1 Å². The summed E-state index contributed by atoms with van der Waals surface area (Å²) in [7, 11) is 0. The van der Waals surface area contributed by atoms with Gasteiger partial charge in [0.05, 0.1) is 23.0 Å². The van der Waals surface area contributed by atoms with Gasteiger partial charge in [-0.15, -0.1) is 0 Å². The molecule has 1 saturated carbocycles. The van der Waals surface area contributed by atoms with Gasteiger partial charge < -0.3 is 5.32 Å².